The van der Waals surface area contributed by atoms with Gasteiger partial charge in [-0.15, -0.1) is 0 Å². The molecule has 0 fully saturated rings. The second kappa shape index (κ2) is 9.99. The van der Waals surface area contributed by atoms with Crippen LogP contribution in [0.3, 0.4) is 0 Å². The molecule has 28 heavy (non-hydrogen) atoms. The van der Waals surface area contributed by atoms with Crippen LogP contribution in [0.4, 0.5) is 0 Å². The van der Waals surface area contributed by atoms with E-state index < -0.39 is 10.0 Å². The van der Waals surface area contributed by atoms with Crippen molar-refractivity contribution in [2.45, 2.75) is 17.4 Å². The molecule has 0 radical (unpaired) electrons. The van der Waals surface area contributed by atoms with Gasteiger partial charge in [0.15, 0.2) is 0 Å². The Morgan fingerprint density at radius 2 is 1.75 bits per heavy atom. The molecular formula is C20H24N4O3S. The highest BCUT2D eigenvalue weighted by molar-refractivity contribution is 7.89. The van der Waals surface area contributed by atoms with E-state index in [4.69, 9.17) is 5.26 Å². The predicted molar refractivity (Wildman–Crippen MR) is 107 cm³/mol. The number of nitriles is 1. The molecule has 0 spiro atoms. The second-order valence-corrected chi connectivity index (χ2v) is 8.20. The lowest BCUT2D eigenvalue weighted by molar-refractivity contribution is 0.0942. The molecule has 0 aliphatic heterocycles. The normalized spacial score (nSPS) is 12.4. The number of sulfonamides is 1. The summed E-state index contributed by atoms with van der Waals surface area (Å²) in [4.78, 5) is 14.5. The smallest absolute Gasteiger partial charge is 0.251 e. The lowest BCUT2D eigenvalue weighted by Gasteiger charge is -2.25. The van der Waals surface area contributed by atoms with Crippen molar-refractivity contribution < 1.29 is 13.2 Å². The van der Waals surface area contributed by atoms with Gasteiger partial charge in [-0.25, -0.2) is 13.1 Å². The summed E-state index contributed by atoms with van der Waals surface area (Å²) in [6.07, 6.45) is 0.0914. The van der Waals surface area contributed by atoms with Crippen molar-refractivity contribution in [1.29, 1.82) is 5.26 Å². The van der Waals surface area contributed by atoms with Crippen molar-refractivity contribution in [3.05, 3.63) is 65.7 Å². The first-order valence-corrected chi connectivity index (χ1v) is 10.3. The monoisotopic (exact) mass is 400 g/mol. The van der Waals surface area contributed by atoms with Crippen molar-refractivity contribution in [2.75, 3.05) is 27.2 Å². The summed E-state index contributed by atoms with van der Waals surface area (Å²) in [7, 11) is 0.207. The zero-order chi connectivity index (χ0) is 20.6. The van der Waals surface area contributed by atoms with Crippen LogP contribution in [0.15, 0.2) is 59.5 Å². The maximum atomic E-state index is 12.4. The van der Waals surface area contributed by atoms with Gasteiger partial charge in [-0.2, -0.15) is 5.26 Å². The fraction of sp³-hybridized carbons (Fsp3) is 0.300. The van der Waals surface area contributed by atoms with Gasteiger partial charge in [-0.05, 0) is 43.9 Å². The topological polar surface area (TPSA) is 102 Å². The summed E-state index contributed by atoms with van der Waals surface area (Å²) in [5.41, 5.74) is 1.47. The molecule has 0 bridgehead atoms. The molecule has 0 saturated heterocycles. The van der Waals surface area contributed by atoms with Gasteiger partial charge < -0.3 is 10.2 Å². The number of carbonyl (C=O) groups is 1. The van der Waals surface area contributed by atoms with Crippen molar-refractivity contribution >= 4 is 15.9 Å². The molecule has 2 rings (SSSR count). The van der Waals surface area contributed by atoms with Crippen LogP contribution in [-0.4, -0.2) is 46.4 Å². The third-order valence-electron chi connectivity index (χ3n) is 4.22. The zero-order valence-electron chi connectivity index (χ0n) is 15.9. The van der Waals surface area contributed by atoms with E-state index in [1.54, 1.807) is 0 Å². The first-order chi connectivity index (χ1) is 13.3. The molecule has 7 nitrogen and oxygen atoms in total. The Bertz CT molecular complexity index is 920. The van der Waals surface area contributed by atoms with E-state index in [0.717, 1.165) is 5.56 Å². The summed E-state index contributed by atoms with van der Waals surface area (Å²) in [6.45, 7) is 0.470. The first kappa shape index (κ1) is 21.6. The van der Waals surface area contributed by atoms with E-state index in [1.165, 1.54) is 24.3 Å². The molecule has 0 aliphatic rings. The fourth-order valence-electron chi connectivity index (χ4n) is 2.68. The summed E-state index contributed by atoms with van der Waals surface area (Å²) in [5, 5.41) is 11.4. The Balaban J connectivity index is 2.02. The van der Waals surface area contributed by atoms with E-state index in [1.807, 2.05) is 55.4 Å². The van der Waals surface area contributed by atoms with Crippen LogP contribution in [0.25, 0.3) is 0 Å². The molecule has 2 aromatic rings. The Morgan fingerprint density at radius 3 is 2.32 bits per heavy atom. The number of benzene rings is 2. The number of amides is 1. The summed E-state index contributed by atoms with van der Waals surface area (Å²) < 4.78 is 26.6. The molecule has 0 heterocycles. The third-order valence-corrected chi connectivity index (χ3v) is 5.70. The molecule has 1 amide bonds. The van der Waals surface area contributed by atoms with Crippen LogP contribution in [0.5, 0.6) is 0 Å². The van der Waals surface area contributed by atoms with Gasteiger partial charge in [-0.1, -0.05) is 30.3 Å². The van der Waals surface area contributed by atoms with Crippen LogP contribution >= 0.6 is 0 Å². The van der Waals surface area contributed by atoms with Crippen molar-refractivity contribution in [2.24, 2.45) is 0 Å². The SMILES string of the molecule is CN(C)C(CNC(=O)c1ccc(S(=O)(=O)NCCC#N)cc1)c1ccccc1. The van der Waals surface area contributed by atoms with Gasteiger partial charge in [0.25, 0.3) is 5.91 Å². The Labute approximate surface area is 166 Å². The first-order valence-electron chi connectivity index (χ1n) is 8.81. The standard InChI is InChI=1S/C20H24N4O3S/c1-24(2)19(16-7-4-3-5-8-16)15-22-20(25)17-9-11-18(12-10-17)28(26,27)23-14-6-13-21/h3-5,7-12,19,23H,6,14-15H2,1-2H3,(H,22,25). The maximum Gasteiger partial charge on any atom is 0.251 e. The molecule has 2 N–H and O–H groups in total. The summed E-state index contributed by atoms with van der Waals surface area (Å²) >= 11 is 0. The zero-order valence-corrected chi connectivity index (χ0v) is 16.7. The van der Waals surface area contributed by atoms with Gasteiger partial charge in [0.1, 0.15) is 0 Å². The molecule has 148 valence electrons. The van der Waals surface area contributed by atoms with Gasteiger partial charge in [0, 0.05) is 25.1 Å². The van der Waals surface area contributed by atoms with Crippen LogP contribution in [-0.2, 0) is 10.0 Å². The quantitative estimate of drug-likeness (QED) is 0.626. The third kappa shape index (κ3) is 5.89. The number of nitrogens with zero attached hydrogens (tertiary/aromatic N) is 2. The minimum atomic E-state index is -3.69. The minimum absolute atomic E-state index is 0.0223. The Hall–Kier alpha value is -2.73. The van der Waals surface area contributed by atoms with Gasteiger partial charge >= 0.3 is 0 Å². The molecule has 1 unspecified atom stereocenters. The Morgan fingerprint density at radius 1 is 1.11 bits per heavy atom. The molecule has 0 aliphatic carbocycles. The second-order valence-electron chi connectivity index (χ2n) is 6.43. The average Bonchev–Trinajstić information content (AvgIpc) is 2.69. The molecule has 1 atom stereocenters. The van der Waals surface area contributed by atoms with Gasteiger partial charge in [0.05, 0.1) is 17.0 Å². The minimum Gasteiger partial charge on any atom is -0.350 e. The number of hydrogen-bond acceptors (Lipinski definition) is 5. The van der Waals surface area contributed by atoms with Gasteiger partial charge in [-0.3, -0.25) is 4.79 Å². The van der Waals surface area contributed by atoms with E-state index in [9.17, 15) is 13.2 Å². The largest absolute Gasteiger partial charge is 0.350 e. The molecule has 2 aromatic carbocycles. The van der Waals surface area contributed by atoms with Crippen molar-refractivity contribution in [1.82, 2.24) is 14.9 Å². The summed E-state index contributed by atoms with van der Waals surface area (Å²) in [5.74, 6) is -0.274. The maximum absolute atomic E-state index is 12.4. The fourth-order valence-corrected chi connectivity index (χ4v) is 3.71. The lowest BCUT2D eigenvalue weighted by Crippen LogP contribution is -2.34. The van der Waals surface area contributed by atoms with E-state index in [0.29, 0.717) is 12.1 Å². The highest BCUT2D eigenvalue weighted by Crippen LogP contribution is 2.17. The summed E-state index contributed by atoms with van der Waals surface area (Å²) in [6, 6.07) is 17.5. The lowest BCUT2D eigenvalue weighted by atomic mass is 10.1. The van der Waals surface area contributed by atoms with E-state index in [-0.39, 0.29) is 29.8 Å². The molecule has 8 heteroatoms. The molecule has 0 saturated carbocycles. The Kier molecular flexibility index (Phi) is 7.70. The average molecular weight is 401 g/mol. The van der Waals surface area contributed by atoms with Crippen LogP contribution in [0, 0.1) is 11.3 Å². The number of carbonyl (C=O) groups excluding carboxylic acids is 1. The van der Waals surface area contributed by atoms with E-state index in [2.05, 4.69) is 10.0 Å². The highest BCUT2D eigenvalue weighted by atomic mass is 32.2. The van der Waals surface area contributed by atoms with Crippen LogP contribution in [0.1, 0.15) is 28.4 Å². The van der Waals surface area contributed by atoms with Crippen molar-refractivity contribution in [3.63, 3.8) is 0 Å². The number of hydrogen-bond donors (Lipinski definition) is 2. The van der Waals surface area contributed by atoms with Crippen molar-refractivity contribution in [3.8, 4) is 6.07 Å². The molecular weight excluding hydrogens is 376 g/mol. The highest BCUT2D eigenvalue weighted by Gasteiger charge is 2.17. The van der Waals surface area contributed by atoms with Gasteiger partial charge in [0.2, 0.25) is 10.0 Å². The number of rotatable bonds is 9. The van der Waals surface area contributed by atoms with E-state index >= 15 is 0 Å². The molecule has 0 aromatic heterocycles. The van der Waals surface area contributed by atoms with Crippen LogP contribution in [0.2, 0.25) is 0 Å². The predicted octanol–water partition coefficient (Wildman–Crippen LogP) is 1.91. The van der Waals surface area contributed by atoms with Crippen LogP contribution < -0.4 is 10.0 Å². The number of nitrogens with one attached hydrogen (secondary N) is 2. The number of likely N-dealkylation sites (N-methyl/N-ethyl adjacent to an activating group) is 1.